The van der Waals surface area contributed by atoms with Gasteiger partial charge in [-0.05, 0) is 99.9 Å². The van der Waals surface area contributed by atoms with E-state index in [0.717, 1.165) is 23.5 Å². The molecule has 5 rings (SSSR count). The number of hydrogen-bond acceptors (Lipinski definition) is 19. The number of pyridine rings is 1. The van der Waals surface area contributed by atoms with Gasteiger partial charge in [0.05, 0.1) is 78.5 Å². The number of cyclic esters (lactones) is 1. The number of nitrogens with one attached hydrogen (secondary N) is 1. The normalized spacial score (nSPS) is 36.9. The first-order valence-electron chi connectivity index (χ1n) is 25.7. The minimum absolute atomic E-state index is 0.0452. The molecule has 5 heterocycles. The number of rotatable bonds is 17. The van der Waals surface area contributed by atoms with Crippen LogP contribution in [-0.2, 0) is 39.6 Å². The highest BCUT2D eigenvalue weighted by Gasteiger charge is 2.48. The van der Waals surface area contributed by atoms with E-state index in [4.69, 9.17) is 34.3 Å². The Bertz CT molecular complexity index is 1950. The van der Waals surface area contributed by atoms with Gasteiger partial charge in [0.1, 0.15) is 17.8 Å². The van der Waals surface area contributed by atoms with Crippen LogP contribution in [0.1, 0.15) is 119 Å². The fourth-order valence-electron chi connectivity index (χ4n) is 10.6. The predicted molar refractivity (Wildman–Crippen MR) is 267 cm³/mol. The molecule has 20 heteroatoms. The van der Waals surface area contributed by atoms with E-state index in [9.17, 15) is 25.2 Å². The molecule has 0 saturated carbocycles. The zero-order chi connectivity index (χ0) is 52.4. The van der Waals surface area contributed by atoms with Crippen molar-refractivity contribution in [1.82, 2.24) is 40.1 Å². The molecule has 16 atom stereocenters. The molecular formula is C51H89N9O11. The third-order valence-electron chi connectivity index (χ3n) is 15.3. The lowest BCUT2D eigenvalue weighted by molar-refractivity contribution is -0.279. The highest BCUT2D eigenvalue weighted by Crippen LogP contribution is 2.38. The Morgan fingerprint density at radius 2 is 1.76 bits per heavy atom. The molecule has 0 unspecified atom stereocenters. The minimum Gasteiger partial charge on any atom is -0.459 e. The summed E-state index contributed by atoms with van der Waals surface area (Å²) in [5.74, 6) is 4.92. The fraction of sp³-hybridized carbons (Fsp3) is 0.804. The Morgan fingerprint density at radius 1 is 1.04 bits per heavy atom. The molecule has 7 N–H and O–H groups in total. The van der Waals surface area contributed by atoms with Crippen molar-refractivity contribution in [2.45, 2.75) is 204 Å². The summed E-state index contributed by atoms with van der Waals surface area (Å²) < 4.78 is 40.4. The van der Waals surface area contributed by atoms with E-state index in [1.54, 1.807) is 44.2 Å². The Balaban J connectivity index is 1.36. The molecule has 3 aliphatic heterocycles. The van der Waals surface area contributed by atoms with Crippen LogP contribution in [0.5, 0.6) is 0 Å². The number of aliphatic hydroxyl groups excluding tert-OH is 2. The number of aliphatic hydroxyl groups is 4. The number of nitrogens with zero attached hydrogens (tertiary/aromatic N) is 7. The van der Waals surface area contributed by atoms with Gasteiger partial charge in [-0.3, -0.25) is 9.78 Å². The van der Waals surface area contributed by atoms with Crippen molar-refractivity contribution in [1.29, 1.82) is 0 Å². The number of nitrogens with two attached hydrogens (primary N) is 1. The fourth-order valence-corrected chi connectivity index (χ4v) is 10.6. The van der Waals surface area contributed by atoms with Crippen LogP contribution < -0.4 is 11.2 Å². The van der Waals surface area contributed by atoms with Gasteiger partial charge < -0.3 is 69.0 Å². The smallest absolute Gasteiger partial charge is 0.311 e. The Kier molecular flexibility index (Phi) is 21.2. The van der Waals surface area contributed by atoms with E-state index >= 15 is 0 Å². The molecule has 2 aromatic rings. The number of hydrazine groups is 1. The highest BCUT2D eigenvalue weighted by atomic mass is 16.7. The molecule has 404 valence electrons. The first kappa shape index (κ1) is 58.5. The number of carbonyl (C=O) groups is 1. The lowest BCUT2D eigenvalue weighted by Gasteiger charge is -2.45. The molecular weight excluding hydrogens is 915 g/mol. The van der Waals surface area contributed by atoms with E-state index in [1.165, 1.54) is 11.9 Å². The molecule has 3 aliphatic rings. The third-order valence-corrected chi connectivity index (χ3v) is 15.3. The van der Waals surface area contributed by atoms with Gasteiger partial charge in [0.25, 0.3) is 0 Å². The molecule has 71 heavy (non-hydrogen) atoms. The zero-order valence-electron chi connectivity index (χ0n) is 44.8. The lowest BCUT2D eigenvalue weighted by atomic mass is 9.83. The predicted octanol–water partition coefficient (Wildman–Crippen LogP) is 3.29. The van der Waals surface area contributed by atoms with Gasteiger partial charge in [0, 0.05) is 95.4 Å². The van der Waals surface area contributed by atoms with Gasteiger partial charge in [-0.2, -0.15) is 0 Å². The average molecular weight is 1000 g/mol. The Hall–Kier alpha value is -3.38. The molecule has 0 aliphatic carbocycles. The van der Waals surface area contributed by atoms with Crippen molar-refractivity contribution in [2.24, 2.45) is 17.7 Å². The topological polar surface area (TPSA) is 245 Å². The summed E-state index contributed by atoms with van der Waals surface area (Å²) in [5, 5.41) is 59.2. The first-order valence-corrected chi connectivity index (χ1v) is 25.7. The highest BCUT2D eigenvalue weighted by molar-refractivity contribution is 5.73. The second-order valence-electron chi connectivity index (χ2n) is 21.6. The SMILES string of the molecule is CC[C@H]1OC(=O)[C@H](C)[C@@H](O[C@H]2C[C@@](C)(OC)C[C@H](C)O2)C[C@@H](O[C@H]2C[C@@H](N(C)CC/C(=C/N(N)[C@H](CO)Cc3ccc(-n4ccnn4)cn3)NC)C[C@@H](C)O2)[C@](C)(O)C[C@@H](C)CN(C)[C@H](C)[C@@H](O)[C@]1(C)O. The minimum atomic E-state index is -1.78. The molecule has 0 radical (unpaired) electrons. The van der Waals surface area contributed by atoms with E-state index in [0.29, 0.717) is 51.6 Å². The summed E-state index contributed by atoms with van der Waals surface area (Å²) in [6, 6.07) is 2.89. The molecule has 0 spiro atoms. The molecule has 20 nitrogen and oxygen atoms in total. The van der Waals surface area contributed by atoms with Crippen molar-refractivity contribution in [3.8, 4) is 5.69 Å². The van der Waals surface area contributed by atoms with Crippen molar-refractivity contribution < 1.29 is 53.6 Å². The second kappa shape index (κ2) is 25.7. The third kappa shape index (κ3) is 15.8. The average Bonchev–Trinajstić information content (AvgIpc) is 3.87. The Morgan fingerprint density at radius 3 is 2.38 bits per heavy atom. The molecule has 3 fully saturated rings. The first-order chi connectivity index (χ1) is 33.4. The van der Waals surface area contributed by atoms with Gasteiger partial charge in [-0.1, -0.05) is 19.1 Å². The molecule has 2 aromatic heterocycles. The van der Waals surface area contributed by atoms with E-state index in [1.807, 2.05) is 78.9 Å². The molecule has 0 bridgehead atoms. The number of esters is 1. The summed E-state index contributed by atoms with van der Waals surface area (Å²) in [7, 11) is 7.47. The molecule has 0 aromatic carbocycles. The summed E-state index contributed by atoms with van der Waals surface area (Å²) >= 11 is 0. The van der Waals surface area contributed by atoms with Crippen LogP contribution in [0.15, 0.2) is 42.6 Å². The van der Waals surface area contributed by atoms with Crippen LogP contribution in [-0.4, -0.2) is 193 Å². The van der Waals surface area contributed by atoms with Crippen molar-refractivity contribution in [3.63, 3.8) is 0 Å². The van der Waals surface area contributed by atoms with E-state index < -0.39 is 77.8 Å². The summed E-state index contributed by atoms with van der Waals surface area (Å²) in [6.07, 6.45) is 4.96. The Labute approximate surface area is 422 Å². The largest absolute Gasteiger partial charge is 0.459 e. The zero-order valence-corrected chi connectivity index (χ0v) is 44.8. The van der Waals surface area contributed by atoms with Crippen LogP contribution in [0.4, 0.5) is 0 Å². The second-order valence-corrected chi connectivity index (χ2v) is 21.6. The number of carbonyl (C=O) groups excluding carboxylic acids is 1. The molecule has 3 saturated heterocycles. The van der Waals surface area contributed by atoms with Crippen LogP contribution in [0.2, 0.25) is 0 Å². The van der Waals surface area contributed by atoms with Crippen LogP contribution in [0, 0.1) is 11.8 Å². The number of likely N-dealkylation sites (N-methyl/N-ethyl adjacent to an activating group) is 1. The van der Waals surface area contributed by atoms with E-state index in [2.05, 4.69) is 32.6 Å². The van der Waals surface area contributed by atoms with Crippen LogP contribution in [0.3, 0.4) is 0 Å². The van der Waals surface area contributed by atoms with Gasteiger partial charge in [0.15, 0.2) is 12.6 Å². The van der Waals surface area contributed by atoms with Crippen LogP contribution in [0.25, 0.3) is 5.69 Å². The lowest BCUT2D eigenvalue weighted by Crippen LogP contribution is -2.59. The van der Waals surface area contributed by atoms with Crippen molar-refractivity contribution >= 4 is 5.97 Å². The monoisotopic (exact) mass is 1000 g/mol. The maximum Gasteiger partial charge on any atom is 0.311 e. The quantitative estimate of drug-likeness (QED) is 0.0757. The van der Waals surface area contributed by atoms with Crippen LogP contribution >= 0.6 is 0 Å². The van der Waals surface area contributed by atoms with Crippen molar-refractivity contribution in [2.75, 3.05) is 47.9 Å². The maximum absolute atomic E-state index is 14.3. The number of hydrogen-bond donors (Lipinski definition) is 6. The molecule has 0 amide bonds. The summed E-state index contributed by atoms with van der Waals surface area (Å²) in [4.78, 5) is 23.2. The van der Waals surface area contributed by atoms with Crippen molar-refractivity contribution in [3.05, 3.63) is 48.3 Å². The standard InChI is InChI=1S/C51H89N9O11/c1-14-43-51(9,65)47(62)36(6)58(12)29-32(2)25-50(8,64)44(24-42(35(5)48(63)71-43)69-46-27-49(7,66-13)26-34(4)68-46)70-45-23-40(21-33(3)67-45)57(11)19-17-38(53-10)30-59(52)41(31-61)22-37-15-16-39(28-54-37)60-20-18-55-56-60/h15-16,18,20,28,30,32-36,40-47,53,61-62,64-65H,14,17,19,21-27,29,31,52H2,1-13H3/b38-30-/t32-,33-,34+,35-,36-,40+,41+,42+,43-,44-,45+,46+,47-,49+,50-,51-/m1/s1. The van der Waals surface area contributed by atoms with Gasteiger partial charge in [-0.15, -0.1) is 5.10 Å². The number of methoxy groups -OCH3 is 1. The van der Waals surface area contributed by atoms with Gasteiger partial charge >= 0.3 is 5.97 Å². The summed E-state index contributed by atoms with van der Waals surface area (Å²) in [6.45, 7) is 17.7. The van der Waals surface area contributed by atoms with Gasteiger partial charge in [-0.25, -0.2) is 10.5 Å². The number of aromatic nitrogens is 4. The van der Waals surface area contributed by atoms with E-state index in [-0.39, 0.29) is 43.6 Å². The number of ether oxygens (including phenoxy) is 6. The van der Waals surface area contributed by atoms with Gasteiger partial charge in [0.2, 0.25) is 0 Å². The maximum atomic E-state index is 14.3. The summed E-state index contributed by atoms with van der Waals surface area (Å²) in [5.41, 5.74) is -1.35.